The average molecular weight is 362 g/mol. The fraction of sp³-hybridized carbons (Fsp3) is 0.714. The first-order valence-corrected chi connectivity index (χ1v) is 8.18. The van der Waals surface area contributed by atoms with Gasteiger partial charge in [0.15, 0.2) is 0 Å². The predicted molar refractivity (Wildman–Crippen MR) is 91.5 cm³/mol. The summed E-state index contributed by atoms with van der Waals surface area (Å²) in [6.45, 7) is 4.81. The van der Waals surface area contributed by atoms with Gasteiger partial charge in [-0.1, -0.05) is 13.8 Å². The lowest BCUT2D eigenvalue weighted by Crippen LogP contribution is -2.54. The summed E-state index contributed by atoms with van der Waals surface area (Å²) in [5, 5.41) is 15.7. The summed E-state index contributed by atoms with van der Waals surface area (Å²) in [6, 6.07) is -2.81. The van der Waals surface area contributed by atoms with Crippen LogP contribution in [0.5, 0.6) is 0 Å². The number of carboxylic acids is 1. The zero-order chi connectivity index (χ0) is 18.9. The molecule has 10 heteroatoms. The molecule has 0 aromatic heterocycles. The maximum Gasteiger partial charge on any atom is 0.325 e. The van der Waals surface area contributed by atoms with E-state index in [2.05, 4.69) is 28.6 Å². The monoisotopic (exact) mass is 362 g/mol. The summed E-state index contributed by atoms with van der Waals surface area (Å²) in [6.07, 6.45) is 0.488. The van der Waals surface area contributed by atoms with Crippen LogP contribution in [-0.4, -0.2) is 59.2 Å². The summed E-state index contributed by atoms with van der Waals surface area (Å²) in [5.74, 6) is -2.70. The molecule has 0 saturated heterocycles. The second-order valence-corrected chi connectivity index (χ2v) is 6.19. The van der Waals surface area contributed by atoms with Crippen molar-refractivity contribution in [1.82, 2.24) is 16.0 Å². The van der Waals surface area contributed by atoms with Gasteiger partial charge in [0.1, 0.15) is 12.1 Å². The Morgan fingerprint density at radius 3 is 2.12 bits per heavy atom. The van der Waals surface area contributed by atoms with E-state index in [0.717, 1.165) is 0 Å². The lowest BCUT2D eigenvalue weighted by molar-refractivity contribution is -0.141. The number of carbonyl (C=O) groups excluding carboxylic acids is 3. The second kappa shape index (κ2) is 10.9. The van der Waals surface area contributed by atoms with Crippen molar-refractivity contribution in [2.45, 2.75) is 45.3 Å². The zero-order valence-corrected chi connectivity index (χ0v) is 14.9. The third-order valence-corrected chi connectivity index (χ3v) is 3.41. The average Bonchev–Trinajstić information content (AvgIpc) is 2.48. The molecule has 138 valence electrons. The van der Waals surface area contributed by atoms with Crippen LogP contribution in [0.3, 0.4) is 0 Å². The minimum Gasteiger partial charge on any atom is -0.480 e. The molecule has 0 aliphatic carbocycles. The number of nitrogens with two attached hydrogens (primary N) is 1. The van der Waals surface area contributed by atoms with Gasteiger partial charge in [-0.15, -0.1) is 0 Å². The number of thiol groups is 1. The second-order valence-electron chi connectivity index (χ2n) is 5.83. The lowest BCUT2D eigenvalue weighted by atomic mass is 10.0. The zero-order valence-electron chi connectivity index (χ0n) is 14.0. The molecule has 6 N–H and O–H groups in total. The van der Waals surface area contributed by atoms with Crippen molar-refractivity contribution in [1.29, 1.82) is 0 Å². The Balaban J connectivity index is 4.39. The molecule has 3 amide bonds. The van der Waals surface area contributed by atoms with Gasteiger partial charge in [0.05, 0.1) is 12.6 Å². The normalized spacial score (nSPS) is 14.4. The predicted octanol–water partition coefficient (Wildman–Crippen LogP) is -1.52. The highest BCUT2D eigenvalue weighted by atomic mass is 32.1. The third-order valence-electron chi connectivity index (χ3n) is 3.05. The molecule has 0 aromatic rings. The topological polar surface area (TPSA) is 151 Å². The molecule has 0 aliphatic heterocycles. The van der Waals surface area contributed by atoms with Gasteiger partial charge in [-0.2, -0.15) is 12.6 Å². The Kier molecular flexibility index (Phi) is 10.0. The quantitative estimate of drug-likeness (QED) is 0.260. The highest BCUT2D eigenvalue weighted by molar-refractivity contribution is 7.80. The molecule has 0 spiro atoms. The molecule has 0 aromatic carbocycles. The Hall–Kier alpha value is -1.81. The number of hydrogen-bond donors (Lipinski definition) is 6. The maximum absolute atomic E-state index is 11.8. The van der Waals surface area contributed by atoms with E-state index >= 15 is 0 Å². The van der Waals surface area contributed by atoms with E-state index in [1.165, 1.54) is 6.92 Å². The Bertz CT molecular complexity index is 472. The van der Waals surface area contributed by atoms with Crippen LogP contribution in [0.4, 0.5) is 0 Å². The maximum atomic E-state index is 11.8. The molecule has 0 radical (unpaired) electrons. The van der Waals surface area contributed by atoms with E-state index in [4.69, 9.17) is 10.8 Å². The summed E-state index contributed by atoms with van der Waals surface area (Å²) in [7, 11) is 0. The lowest BCUT2D eigenvalue weighted by Gasteiger charge is -2.19. The van der Waals surface area contributed by atoms with Crippen LogP contribution in [-0.2, 0) is 19.2 Å². The van der Waals surface area contributed by atoms with Crippen molar-refractivity contribution in [3.05, 3.63) is 0 Å². The molecule has 0 saturated carbocycles. The van der Waals surface area contributed by atoms with Crippen molar-refractivity contribution >= 4 is 36.3 Å². The number of amides is 3. The molecule has 0 bridgehead atoms. The van der Waals surface area contributed by atoms with Crippen LogP contribution < -0.4 is 21.7 Å². The van der Waals surface area contributed by atoms with Crippen molar-refractivity contribution in [2.75, 3.05) is 12.3 Å². The van der Waals surface area contributed by atoms with Crippen molar-refractivity contribution in [2.24, 2.45) is 11.7 Å². The van der Waals surface area contributed by atoms with Crippen molar-refractivity contribution in [3.63, 3.8) is 0 Å². The van der Waals surface area contributed by atoms with Crippen LogP contribution in [0.15, 0.2) is 0 Å². The fourth-order valence-corrected chi connectivity index (χ4v) is 1.99. The first-order chi connectivity index (χ1) is 11.1. The van der Waals surface area contributed by atoms with Crippen LogP contribution in [0, 0.1) is 5.92 Å². The fourth-order valence-electron chi connectivity index (χ4n) is 1.73. The smallest absolute Gasteiger partial charge is 0.325 e. The Morgan fingerprint density at radius 1 is 1.08 bits per heavy atom. The molecular formula is C14H26N4O5S. The van der Waals surface area contributed by atoms with Crippen molar-refractivity contribution in [3.8, 4) is 0 Å². The van der Waals surface area contributed by atoms with Crippen molar-refractivity contribution < 1.29 is 24.3 Å². The number of hydrogen-bond acceptors (Lipinski definition) is 6. The standard InChI is InChI=1S/C14H26N4O5S/c1-7(2)4-9(15)12(20)16-5-11(19)18-10(6-24)13(21)17-8(3)14(22)23/h7-10,24H,4-6,15H2,1-3H3,(H,16,20)(H,17,21)(H,18,19)(H,22,23). The van der Waals surface area contributed by atoms with E-state index in [0.29, 0.717) is 6.42 Å². The van der Waals surface area contributed by atoms with Gasteiger partial charge in [0.2, 0.25) is 17.7 Å². The SMILES string of the molecule is CC(C)CC(N)C(=O)NCC(=O)NC(CS)C(=O)NC(C)C(=O)O. The summed E-state index contributed by atoms with van der Waals surface area (Å²) in [5.41, 5.74) is 5.69. The largest absolute Gasteiger partial charge is 0.480 e. The van der Waals surface area contributed by atoms with Crippen LogP contribution in [0.1, 0.15) is 27.2 Å². The van der Waals surface area contributed by atoms with Gasteiger partial charge in [0, 0.05) is 5.75 Å². The van der Waals surface area contributed by atoms with Crippen LogP contribution in [0.25, 0.3) is 0 Å². The van der Waals surface area contributed by atoms with E-state index in [9.17, 15) is 19.2 Å². The highest BCUT2D eigenvalue weighted by Crippen LogP contribution is 2.02. The number of carbonyl (C=O) groups is 4. The summed E-state index contributed by atoms with van der Waals surface area (Å²) in [4.78, 5) is 46.1. The van der Waals surface area contributed by atoms with Gasteiger partial charge in [-0.05, 0) is 19.3 Å². The number of carboxylic acid groups (broad SMARTS) is 1. The minimum absolute atomic E-state index is 0.0231. The molecule has 0 heterocycles. The van der Waals surface area contributed by atoms with Gasteiger partial charge < -0.3 is 26.8 Å². The van der Waals surface area contributed by atoms with E-state index in [1.54, 1.807) is 0 Å². The Morgan fingerprint density at radius 2 is 1.67 bits per heavy atom. The van der Waals surface area contributed by atoms with Crippen LogP contribution in [0.2, 0.25) is 0 Å². The molecule has 24 heavy (non-hydrogen) atoms. The third kappa shape index (κ3) is 8.73. The molecule has 3 atom stereocenters. The van der Waals surface area contributed by atoms with Crippen LogP contribution >= 0.6 is 12.6 Å². The minimum atomic E-state index is -1.20. The Labute approximate surface area is 146 Å². The molecule has 0 rings (SSSR count). The number of nitrogens with one attached hydrogen (secondary N) is 3. The number of rotatable bonds is 10. The first kappa shape index (κ1) is 22.2. The van der Waals surface area contributed by atoms with E-state index in [-0.39, 0.29) is 18.2 Å². The summed E-state index contributed by atoms with van der Waals surface area (Å²) >= 11 is 3.95. The molecule has 0 aliphatic rings. The van der Waals surface area contributed by atoms with Gasteiger partial charge in [-0.25, -0.2) is 0 Å². The summed E-state index contributed by atoms with van der Waals surface area (Å²) < 4.78 is 0. The first-order valence-electron chi connectivity index (χ1n) is 7.55. The molecule has 0 fully saturated rings. The molecule has 3 unspecified atom stereocenters. The van der Waals surface area contributed by atoms with E-state index < -0.39 is 41.8 Å². The molecule has 9 nitrogen and oxygen atoms in total. The van der Waals surface area contributed by atoms with Gasteiger partial charge in [0.25, 0.3) is 0 Å². The molecular weight excluding hydrogens is 336 g/mol. The number of aliphatic carboxylic acids is 1. The highest BCUT2D eigenvalue weighted by Gasteiger charge is 2.23. The van der Waals surface area contributed by atoms with Gasteiger partial charge >= 0.3 is 5.97 Å². The van der Waals surface area contributed by atoms with Gasteiger partial charge in [-0.3, -0.25) is 19.2 Å². The van der Waals surface area contributed by atoms with E-state index in [1.807, 2.05) is 13.8 Å².